The van der Waals surface area contributed by atoms with Crippen LogP contribution in [0.3, 0.4) is 0 Å². The first-order valence-corrected chi connectivity index (χ1v) is 12.9. The predicted octanol–water partition coefficient (Wildman–Crippen LogP) is 5.06. The lowest BCUT2D eigenvalue weighted by atomic mass is 9.72. The number of nitrogens with zero attached hydrogens (tertiary/aromatic N) is 3. The third kappa shape index (κ3) is 5.07. The average molecular weight is 486 g/mol. The fourth-order valence-electron chi connectivity index (χ4n) is 6.45. The first-order valence-electron chi connectivity index (χ1n) is 12.9. The van der Waals surface area contributed by atoms with E-state index in [0.717, 1.165) is 38.0 Å². The summed E-state index contributed by atoms with van der Waals surface area (Å²) in [4.78, 5) is 16.9. The number of fused-ring (bicyclic) bond motifs is 1. The molecule has 2 aliphatic rings. The molecule has 0 amide bonds. The van der Waals surface area contributed by atoms with Crippen LogP contribution in [0.2, 0.25) is 0 Å². The molecule has 5 atom stereocenters. The molecule has 6 heteroatoms. The fourth-order valence-corrected chi connectivity index (χ4v) is 6.45. The number of nitro groups is 1. The maximum absolute atomic E-state index is 12.3. The Bertz CT molecular complexity index is 1100. The van der Waals surface area contributed by atoms with Gasteiger partial charge in [-0.05, 0) is 49.4 Å². The first-order chi connectivity index (χ1) is 17.4. The van der Waals surface area contributed by atoms with E-state index >= 15 is 0 Å². The van der Waals surface area contributed by atoms with Gasteiger partial charge in [-0.25, -0.2) is 0 Å². The van der Waals surface area contributed by atoms with Gasteiger partial charge in [0.05, 0.1) is 0 Å². The summed E-state index contributed by atoms with van der Waals surface area (Å²) in [5.41, 5.74) is 1.99. The topological polar surface area (TPSA) is 69.8 Å². The van der Waals surface area contributed by atoms with Crippen LogP contribution in [0, 0.1) is 10.1 Å². The minimum atomic E-state index is -1.41. The molecule has 4 unspecified atom stereocenters. The van der Waals surface area contributed by atoms with Crippen LogP contribution in [-0.4, -0.2) is 50.1 Å². The number of aliphatic hydroxyl groups is 1. The molecule has 2 heterocycles. The highest BCUT2D eigenvalue weighted by Crippen LogP contribution is 2.45. The lowest BCUT2D eigenvalue weighted by Gasteiger charge is -2.55. The molecule has 2 saturated heterocycles. The van der Waals surface area contributed by atoms with E-state index in [-0.39, 0.29) is 17.0 Å². The van der Waals surface area contributed by atoms with E-state index in [1.54, 1.807) is 6.92 Å². The van der Waals surface area contributed by atoms with Crippen LogP contribution in [0.4, 0.5) is 0 Å². The maximum Gasteiger partial charge on any atom is 0.260 e. The Labute approximate surface area is 213 Å². The standard InChI is InChI=1S/C30H35N3O3/c1-30(34)20-27-26(31(21-23-12-5-2-6-13-23)22-24-14-7-3-8-15-24)18-11-19-32(27)28(29(30)33(35)36)25-16-9-4-10-17-25/h2-10,12-17,26-29,34H,11,18-22H2,1H3/t26-,27?,28?,29?,30?/m0/s1. The van der Waals surface area contributed by atoms with Crippen molar-refractivity contribution in [2.45, 2.75) is 69.0 Å². The molecule has 3 aromatic carbocycles. The van der Waals surface area contributed by atoms with Crippen molar-refractivity contribution in [2.24, 2.45) is 0 Å². The number of hydrogen-bond donors (Lipinski definition) is 1. The molecule has 0 bridgehead atoms. The van der Waals surface area contributed by atoms with Gasteiger partial charge in [0.25, 0.3) is 6.04 Å². The van der Waals surface area contributed by atoms with E-state index in [9.17, 15) is 15.2 Å². The summed E-state index contributed by atoms with van der Waals surface area (Å²) >= 11 is 0. The van der Waals surface area contributed by atoms with Crippen LogP contribution >= 0.6 is 0 Å². The summed E-state index contributed by atoms with van der Waals surface area (Å²) in [5, 5.41) is 23.9. The molecule has 0 aliphatic carbocycles. The molecule has 5 rings (SSSR count). The van der Waals surface area contributed by atoms with E-state index in [0.29, 0.717) is 6.42 Å². The molecule has 0 aromatic heterocycles. The summed E-state index contributed by atoms with van der Waals surface area (Å²) in [5.74, 6) is 0. The van der Waals surface area contributed by atoms with Crippen molar-refractivity contribution in [3.05, 3.63) is 118 Å². The van der Waals surface area contributed by atoms with Gasteiger partial charge in [0.15, 0.2) is 0 Å². The molecule has 0 saturated carbocycles. The summed E-state index contributed by atoms with van der Waals surface area (Å²) < 4.78 is 0. The van der Waals surface area contributed by atoms with Crippen molar-refractivity contribution in [3.63, 3.8) is 0 Å². The molecule has 6 nitrogen and oxygen atoms in total. The van der Waals surface area contributed by atoms with Gasteiger partial charge in [0, 0.05) is 30.1 Å². The summed E-state index contributed by atoms with van der Waals surface area (Å²) in [6, 6.07) is 29.4. The Hall–Kier alpha value is -3.06. The molecule has 3 aromatic rings. The second kappa shape index (κ2) is 10.5. The largest absolute Gasteiger partial charge is 0.383 e. The maximum atomic E-state index is 12.3. The van der Waals surface area contributed by atoms with E-state index in [4.69, 9.17) is 0 Å². The Kier molecular flexibility index (Phi) is 7.19. The molecule has 0 radical (unpaired) electrons. The van der Waals surface area contributed by atoms with Crippen LogP contribution in [0.5, 0.6) is 0 Å². The number of hydrogen-bond acceptors (Lipinski definition) is 5. The number of rotatable bonds is 7. The molecule has 1 N–H and O–H groups in total. The number of benzene rings is 3. The minimum Gasteiger partial charge on any atom is -0.383 e. The molecule has 188 valence electrons. The lowest BCUT2D eigenvalue weighted by molar-refractivity contribution is -0.560. The van der Waals surface area contributed by atoms with E-state index in [1.807, 2.05) is 42.5 Å². The Balaban J connectivity index is 1.53. The zero-order valence-electron chi connectivity index (χ0n) is 20.8. The van der Waals surface area contributed by atoms with E-state index < -0.39 is 17.7 Å². The second-order valence-electron chi connectivity index (χ2n) is 10.5. The minimum absolute atomic E-state index is 0.0163. The average Bonchev–Trinajstić information content (AvgIpc) is 2.88. The molecule has 2 fully saturated rings. The lowest BCUT2D eigenvalue weighted by Crippen LogP contribution is -2.68. The monoisotopic (exact) mass is 485 g/mol. The van der Waals surface area contributed by atoms with Gasteiger partial charge in [-0.3, -0.25) is 19.9 Å². The summed E-state index contributed by atoms with van der Waals surface area (Å²) in [7, 11) is 0. The van der Waals surface area contributed by atoms with Crippen LogP contribution in [0.25, 0.3) is 0 Å². The van der Waals surface area contributed by atoms with Gasteiger partial charge in [-0.1, -0.05) is 91.0 Å². The summed E-state index contributed by atoms with van der Waals surface area (Å²) in [6.07, 6.45) is 2.35. The Morgan fingerprint density at radius 3 is 2.00 bits per heavy atom. The normalized spacial score (nSPS) is 28.5. The van der Waals surface area contributed by atoms with Crippen molar-refractivity contribution < 1.29 is 10.0 Å². The smallest absolute Gasteiger partial charge is 0.260 e. The Morgan fingerprint density at radius 1 is 0.944 bits per heavy atom. The highest BCUT2D eigenvalue weighted by atomic mass is 16.6. The molecule has 36 heavy (non-hydrogen) atoms. The Morgan fingerprint density at radius 2 is 1.47 bits per heavy atom. The predicted molar refractivity (Wildman–Crippen MR) is 141 cm³/mol. The first kappa shape index (κ1) is 24.6. The van der Waals surface area contributed by atoms with Crippen molar-refractivity contribution in [2.75, 3.05) is 6.54 Å². The van der Waals surface area contributed by atoms with Crippen LogP contribution in [0.15, 0.2) is 91.0 Å². The zero-order chi connectivity index (χ0) is 25.1. The van der Waals surface area contributed by atoms with Crippen LogP contribution in [0.1, 0.15) is 48.9 Å². The molecule has 2 aliphatic heterocycles. The quantitative estimate of drug-likeness (QED) is 0.374. The van der Waals surface area contributed by atoms with Gasteiger partial charge in [-0.15, -0.1) is 0 Å². The fraction of sp³-hybridized carbons (Fsp3) is 0.400. The van der Waals surface area contributed by atoms with Crippen LogP contribution < -0.4 is 0 Å². The SMILES string of the molecule is CC1(O)CC2[C@@H](N(Cc3ccccc3)Cc3ccccc3)CCCN2C(c2ccccc2)C1[N+](=O)[O-]. The highest BCUT2D eigenvalue weighted by Gasteiger charge is 2.58. The van der Waals surface area contributed by atoms with Crippen molar-refractivity contribution in [3.8, 4) is 0 Å². The van der Waals surface area contributed by atoms with E-state index in [1.165, 1.54) is 11.1 Å². The second-order valence-corrected chi connectivity index (χ2v) is 10.5. The van der Waals surface area contributed by atoms with Crippen molar-refractivity contribution >= 4 is 0 Å². The third-order valence-electron chi connectivity index (χ3n) is 8.00. The molecular formula is C30H35N3O3. The zero-order valence-corrected chi connectivity index (χ0v) is 20.8. The molecule has 0 spiro atoms. The van der Waals surface area contributed by atoms with Gasteiger partial charge < -0.3 is 5.11 Å². The molecular weight excluding hydrogens is 450 g/mol. The van der Waals surface area contributed by atoms with Crippen LogP contribution in [-0.2, 0) is 13.1 Å². The number of piperidine rings is 2. The van der Waals surface area contributed by atoms with Gasteiger partial charge in [0.2, 0.25) is 0 Å². The van der Waals surface area contributed by atoms with Gasteiger partial charge >= 0.3 is 0 Å². The van der Waals surface area contributed by atoms with E-state index in [2.05, 4.69) is 58.3 Å². The van der Waals surface area contributed by atoms with Crippen molar-refractivity contribution in [1.82, 2.24) is 9.80 Å². The highest BCUT2D eigenvalue weighted by molar-refractivity contribution is 5.25. The summed E-state index contributed by atoms with van der Waals surface area (Å²) in [6.45, 7) is 4.05. The third-order valence-corrected chi connectivity index (χ3v) is 8.00. The van der Waals surface area contributed by atoms with Gasteiger partial charge in [-0.2, -0.15) is 0 Å². The van der Waals surface area contributed by atoms with Crippen molar-refractivity contribution in [1.29, 1.82) is 0 Å². The van der Waals surface area contributed by atoms with Gasteiger partial charge in [0.1, 0.15) is 11.6 Å².